The van der Waals surface area contributed by atoms with Crippen LogP contribution in [0.3, 0.4) is 0 Å². The van der Waals surface area contributed by atoms with Gasteiger partial charge in [0.2, 0.25) is 5.91 Å². The monoisotopic (exact) mass is 255 g/mol. The first-order valence-electron chi connectivity index (χ1n) is 6.60. The highest BCUT2D eigenvalue weighted by atomic mass is 16.2. The zero-order chi connectivity index (χ0) is 13.2. The van der Waals surface area contributed by atoms with E-state index in [0.29, 0.717) is 0 Å². The molecule has 0 saturated heterocycles. The number of amides is 1. The smallest absolute Gasteiger partial charge is 0.227 e. The summed E-state index contributed by atoms with van der Waals surface area (Å²) in [6.07, 6.45) is 5.62. The van der Waals surface area contributed by atoms with Crippen LogP contribution < -0.4 is 5.32 Å². The van der Waals surface area contributed by atoms with Crippen molar-refractivity contribution in [2.24, 2.45) is 5.92 Å². The van der Waals surface area contributed by atoms with Gasteiger partial charge in [0.15, 0.2) is 0 Å². The minimum atomic E-state index is 0.121. The molecule has 3 rings (SSSR count). The van der Waals surface area contributed by atoms with Crippen LogP contribution in [-0.2, 0) is 11.3 Å². The Balaban J connectivity index is 1.67. The first-order valence-corrected chi connectivity index (χ1v) is 6.60. The van der Waals surface area contributed by atoms with Gasteiger partial charge < -0.3 is 5.32 Å². The van der Waals surface area contributed by atoms with Crippen LogP contribution in [0.2, 0.25) is 0 Å². The number of carbonyl (C=O) groups is 1. The lowest BCUT2D eigenvalue weighted by Crippen LogP contribution is -2.12. The van der Waals surface area contributed by atoms with Crippen LogP contribution in [-0.4, -0.2) is 15.7 Å². The lowest BCUT2D eigenvalue weighted by molar-refractivity contribution is -0.117. The molecule has 1 fully saturated rings. The maximum absolute atomic E-state index is 11.6. The van der Waals surface area contributed by atoms with Crippen LogP contribution in [0, 0.1) is 12.8 Å². The van der Waals surface area contributed by atoms with E-state index in [1.54, 1.807) is 6.20 Å². The van der Waals surface area contributed by atoms with Crippen molar-refractivity contribution in [3.63, 3.8) is 0 Å². The van der Waals surface area contributed by atoms with Gasteiger partial charge in [0.25, 0.3) is 0 Å². The molecule has 1 heterocycles. The molecule has 1 aromatic heterocycles. The van der Waals surface area contributed by atoms with Crippen molar-refractivity contribution in [1.29, 1.82) is 0 Å². The summed E-state index contributed by atoms with van der Waals surface area (Å²) in [7, 11) is 0. The second-order valence-electron chi connectivity index (χ2n) is 5.12. The topological polar surface area (TPSA) is 46.9 Å². The summed E-state index contributed by atoms with van der Waals surface area (Å²) in [6, 6.07) is 8.25. The average molecular weight is 255 g/mol. The second kappa shape index (κ2) is 4.88. The van der Waals surface area contributed by atoms with Gasteiger partial charge in [-0.1, -0.05) is 24.3 Å². The highest BCUT2D eigenvalue weighted by Crippen LogP contribution is 2.30. The largest absolute Gasteiger partial charge is 0.323 e. The van der Waals surface area contributed by atoms with Crippen molar-refractivity contribution in [2.75, 3.05) is 5.32 Å². The molecule has 0 spiro atoms. The highest BCUT2D eigenvalue weighted by molar-refractivity contribution is 5.93. The van der Waals surface area contributed by atoms with E-state index in [2.05, 4.69) is 29.5 Å². The number of carbonyl (C=O) groups excluding carboxylic acids is 1. The zero-order valence-electron chi connectivity index (χ0n) is 11.0. The van der Waals surface area contributed by atoms with Gasteiger partial charge >= 0.3 is 0 Å². The normalized spacial score (nSPS) is 14.4. The molecule has 19 heavy (non-hydrogen) atoms. The highest BCUT2D eigenvalue weighted by Gasteiger charge is 2.29. The number of nitrogens with one attached hydrogen (secondary N) is 1. The molecule has 2 aromatic rings. The quantitative estimate of drug-likeness (QED) is 0.912. The fourth-order valence-corrected chi connectivity index (χ4v) is 2.07. The Morgan fingerprint density at radius 3 is 2.95 bits per heavy atom. The number of aromatic nitrogens is 2. The van der Waals surface area contributed by atoms with Gasteiger partial charge in [-0.05, 0) is 30.9 Å². The molecule has 4 nitrogen and oxygen atoms in total. The molecule has 1 N–H and O–H groups in total. The third-order valence-electron chi connectivity index (χ3n) is 3.44. The van der Waals surface area contributed by atoms with Crippen LogP contribution >= 0.6 is 0 Å². The van der Waals surface area contributed by atoms with Gasteiger partial charge in [0, 0.05) is 12.1 Å². The summed E-state index contributed by atoms with van der Waals surface area (Å²) in [6.45, 7) is 2.82. The maximum Gasteiger partial charge on any atom is 0.227 e. The number of hydrogen-bond donors (Lipinski definition) is 1. The number of hydrogen-bond acceptors (Lipinski definition) is 2. The van der Waals surface area contributed by atoms with Crippen LogP contribution in [0.4, 0.5) is 5.69 Å². The lowest BCUT2D eigenvalue weighted by Gasteiger charge is -2.05. The first kappa shape index (κ1) is 12.0. The molecule has 0 atom stereocenters. The summed E-state index contributed by atoms with van der Waals surface area (Å²) in [5.74, 6) is 0.343. The molecule has 4 heteroatoms. The average Bonchev–Trinajstić information content (AvgIpc) is 3.16. The standard InChI is InChI=1S/C15H17N3O/c1-11-4-2-3-5-13(11)9-18-10-14(8-16-18)17-15(19)12-6-7-12/h2-5,8,10,12H,6-7,9H2,1H3,(H,17,19). The molecule has 0 bridgehead atoms. The summed E-state index contributed by atoms with van der Waals surface area (Å²) < 4.78 is 1.85. The molecule has 1 saturated carbocycles. The van der Waals surface area contributed by atoms with Crippen LogP contribution in [0.5, 0.6) is 0 Å². The molecule has 1 aromatic carbocycles. The van der Waals surface area contributed by atoms with E-state index in [1.165, 1.54) is 11.1 Å². The van der Waals surface area contributed by atoms with Crippen molar-refractivity contribution >= 4 is 11.6 Å². The predicted molar refractivity (Wildman–Crippen MR) is 73.9 cm³/mol. The SMILES string of the molecule is Cc1ccccc1Cn1cc(NC(=O)C2CC2)cn1. The zero-order valence-corrected chi connectivity index (χ0v) is 11.0. The van der Waals surface area contributed by atoms with Crippen LogP contribution in [0.25, 0.3) is 0 Å². The Hall–Kier alpha value is -2.10. The van der Waals surface area contributed by atoms with Crippen LogP contribution in [0.15, 0.2) is 36.7 Å². The van der Waals surface area contributed by atoms with E-state index >= 15 is 0 Å². The molecular weight excluding hydrogens is 238 g/mol. The molecule has 0 unspecified atom stereocenters. The van der Waals surface area contributed by atoms with Gasteiger partial charge in [0.05, 0.1) is 18.4 Å². The van der Waals surface area contributed by atoms with E-state index in [4.69, 9.17) is 0 Å². The first-order chi connectivity index (χ1) is 9.22. The fraction of sp³-hybridized carbons (Fsp3) is 0.333. The van der Waals surface area contributed by atoms with E-state index in [-0.39, 0.29) is 11.8 Å². The van der Waals surface area contributed by atoms with Gasteiger partial charge in [0.1, 0.15) is 0 Å². The number of benzene rings is 1. The van der Waals surface area contributed by atoms with Crippen molar-refractivity contribution in [2.45, 2.75) is 26.3 Å². The Morgan fingerprint density at radius 2 is 2.21 bits per heavy atom. The Kier molecular flexibility index (Phi) is 3.07. The van der Waals surface area contributed by atoms with Gasteiger partial charge in [-0.3, -0.25) is 9.48 Å². The minimum Gasteiger partial charge on any atom is -0.323 e. The van der Waals surface area contributed by atoms with Gasteiger partial charge in [-0.15, -0.1) is 0 Å². The molecule has 98 valence electrons. The number of anilines is 1. The van der Waals surface area contributed by atoms with Crippen molar-refractivity contribution < 1.29 is 4.79 Å². The van der Waals surface area contributed by atoms with Gasteiger partial charge in [-0.25, -0.2) is 0 Å². The van der Waals surface area contributed by atoms with Crippen LogP contribution in [0.1, 0.15) is 24.0 Å². The Morgan fingerprint density at radius 1 is 1.42 bits per heavy atom. The summed E-state index contributed by atoms with van der Waals surface area (Å²) in [5, 5.41) is 7.19. The van der Waals surface area contributed by atoms with Crippen molar-refractivity contribution in [3.8, 4) is 0 Å². The summed E-state index contributed by atoms with van der Waals surface area (Å²) in [5.41, 5.74) is 3.28. The second-order valence-corrected chi connectivity index (χ2v) is 5.12. The Bertz CT molecular complexity index is 599. The summed E-state index contributed by atoms with van der Waals surface area (Å²) in [4.78, 5) is 11.6. The van der Waals surface area contributed by atoms with E-state index < -0.39 is 0 Å². The molecule has 1 amide bonds. The van der Waals surface area contributed by atoms with Crippen molar-refractivity contribution in [3.05, 3.63) is 47.8 Å². The predicted octanol–water partition coefficient (Wildman–Crippen LogP) is 2.59. The lowest BCUT2D eigenvalue weighted by atomic mass is 10.1. The number of rotatable bonds is 4. The molecule has 1 aliphatic rings. The minimum absolute atomic E-state index is 0.121. The van der Waals surface area contributed by atoms with Gasteiger partial charge in [-0.2, -0.15) is 5.10 Å². The van der Waals surface area contributed by atoms with E-state index in [1.807, 2.05) is 23.0 Å². The molecule has 1 aliphatic carbocycles. The third-order valence-corrected chi connectivity index (χ3v) is 3.44. The fourth-order valence-electron chi connectivity index (χ4n) is 2.07. The molecule has 0 aliphatic heterocycles. The Labute approximate surface area is 112 Å². The van der Waals surface area contributed by atoms with E-state index in [9.17, 15) is 4.79 Å². The third kappa shape index (κ3) is 2.84. The van der Waals surface area contributed by atoms with Crippen molar-refractivity contribution in [1.82, 2.24) is 9.78 Å². The molecule has 0 radical (unpaired) electrons. The molecular formula is C15H17N3O. The number of aryl methyl sites for hydroxylation is 1. The summed E-state index contributed by atoms with van der Waals surface area (Å²) >= 11 is 0. The van der Waals surface area contributed by atoms with E-state index in [0.717, 1.165) is 25.1 Å². The maximum atomic E-state index is 11.6. The number of nitrogens with zero attached hydrogens (tertiary/aromatic N) is 2.